The molecule has 0 saturated carbocycles. The molecule has 2 saturated heterocycles. The molecule has 2 fully saturated rings. The van der Waals surface area contributed by atoms with Crippen LogP contribution in [0.2, 0.25) is 0 Å². The number of aromatic amines is 1. The fourth-order valence-corrected chi connectivity index (χ4v) is 7.06. The summed E-state index contributed by atoms with van der Waals surface area (Å²) < 4.78 is 11.8. The van der Waals surface area contributed by atoms with Gasteiger partial charge in [-0.2, -0.15) is 0 Å². The van der Waals surface area contributed by atoms with Crippen molar-refractivity contribution in [1.29, 1.82) is 0 Å². The first-order chi connectivity index (χ1) is 20.2. The molecule has 2 N–H and O–H groups in total. The SMILES string of the molecule is CCC1=C(OC(=O)N(CC)CC)N2C(=O)OC(=NCCc3c[nH]c4ccccc34)[C@]2(C)C2C1=CCC1C(=O)NC(=O)C12. The molecule has 4 heterocycles. The maximum absolute atomic E-state index is 13.7. The Hall–Kier alpha value is -4.41. The normalized spacial score (nSPS) is 27.5. The van der Waals surface area contributed by atoms with Crippen molar-refractivity contribution >= 4 is 40.8 Å². The summed E-state index contributed by atoms with van der Waals surface area (Å²) in [6, 6.07) is 7.99. The second kappa shape index (κ2) is 10.5. The smallest absolute Gasteiger partial charge is 0.393 e. The zero-order valence-corrected chi connectivity index (χ0v) is 24.2. The maximum Gasteiger partial charge on any atom is 0.424 e. The number of carbonyl (C=O) groups is 4. The minimum atomic E-state index is -1.30. The molecule has 1 aromatic heterocycles. The van der Waals surface area contributed by atoms with Gasteiger partial charge in [-0.1, -0.05) is 31.2 Å². The Kier molecular flexibility index (Phi) is 6.90. The van der Waals surface area contributed by atoms with E-state index in [0.717, 1.165) is 22.0 Å². The third-order valence-electron chi connectivity index (χ3n) is 9.16. The molecule has 3 unspecified atom stereocenters. The van der Waals surface area contributed by atoms with Gasteiger partial charge in [-0.25, -0.2) is 14.5 Å². The minimum Gasteiger partial charge on any atom is -0.393 e. The van der Waals surface area contributed by atoms with E-state index in [2.05, 4.69) is 10.3 Å². The fourth-order valence-electron chi connectivity index (χ4n) is 7.06. The third kappa shape index (κ3) is 4.05. The Bertz CT molecular complexity index is 1580. The number of para-hydroxylation sites is 1. The Morgan fingerprint density at radius 1 is 1.17 bits per heavy atom. The van der Waals surface area contributed by atoms with Crippen molar-refractivity contribution in [2.24, 2.45) is 22.7 Å². The van der Waals surface area contributed by atoms with Gasteiger partial charge in [-0.05, 0) is 57.2 Å². The molecule has 11 heteroatoms. The summed E-state index contributed by atoms with van der Waals surface area (Å²) in [4.78, 5) is 63.8. The van der Waals surface area contributed by atoms with Gasteiger partial charge in [-0.3, -0.25) is 19.9 Å². The molecule has 2 aromatic rings. The van der Waals surface area contributed by atoms with Crippen LogP contribution in [-0.4, -0.2) is 69.9 Å². The summed E-state index contributed by atoms with van der Waals surface area (Å²) in [5, 5.41) is 3.59. The monoisotopic (exact) mass is 573 g/mol. The predicted octanol–water partition coefficient (Wildman–Crippen LogP) is 4.27. The van der Waals surface area contributed by atoms with Crippen LogP contribution in [0.25, 0.3) is 10.9 Å². The van der Waals surface area contributed by atoms with Crippen molar-refractivity contribution < 1.29 is 28.7 Å². The van der Waals surface area contributed by atoms with Crippen LogP contribution < -0.4 is 5.32 Å². The average Bonchev–Trinajstić information content (AvgIpc) is 3.60. The van der Waals surface area contributed by atoms with E-state index >= 15 is 0 Å². The van der Waals surface area contributed by atoms with E-state index in [-0.39, 0.29) is 23.6 Å². The van der Waals surface area contributed by atoms with Gasteiger partial charge >= 0.3 is 12.2 Å². The molecule has 6 rings (SSSR count). The number of cyclic esters (lactones) is 1. The second-order valence-corrected chi connectivity index (χ2v) is 11.2. The quantitative estimate of drug-likeness (QED) is 0.476. The Morgan fingerprint density at radius 3 is 2.67 bits per heavy atom. The first kappa shape index (κ1) is 27.7. The molecular formula is C31H35N5O6. The molecule has 0 radical (unpaired) electrons. The Labute approximate surface area is 243 Å². The van der Waals surface area contributed by atoms with Gasteiger partial charge in [0.2, 0.25) is 23.6 Å². The highest BCUT2D eigenvalue weighted by molar-refractivity contribution is 6.09. The van der Waals surface area contributed by atoms with E-state index in [4.69, 9.17) is 14.5 Å². The van der Waals surface area contributed by atoms with E-state index in [1.165, 1.54) is 9.80 Å². The number of fused-ring (bicyclic) bond motifs is 6. The van der Waals surface area contributed by atoms with Crippen molar-refractivity contribution in [2.45, 2.75) is 52.5 Å². The summed E-state index contributed by atoms with van der Waals surface area (Å²) >= 11 is 0. The summed E-state index contributed by atoms with van der Waals surface area (Å²) in [6.45, 7) is 8.58. The Balaban J connectivity index is 1.44. The predicted molar refractivity (Wildman–Crippen MR) is 154 cm³/mol. The topological polar surface area (TPSA) is 133 Å². The molecule has 3 aliphatic heterocycles. The standard InChI is InChI=1S/C31H35N5O6/c1-5-18-20-12-13-21-23(26(38)34-25(21)37)24(20)31(4)28(32-15-14-17-16-33-22-11-9-8-10-19(17)22)42-30(40)36(31)27(18)41-29(39)35(6-2)7-3/h8-12,16,21,23-24,33H,5-7,13-15H2,1-4H3,(H,34,37,38)/t21?,23?,24?,31-/m0/s1. The lowest BCUT2D eigenvalue weighted by Gasteiger charge is -2.49. The molecule has 4 amide bonds. The first-order valence-electron chi connectivity index (χ1n) is 14.6. The second-order valence-electron chi connectivity index (χ2n) is 11.2. The average molecular weight is 574 g/mol. The highest BCUT2D eigenvalue weighted by Gasteiger charge is 2.67. The van der Waals surface area contributed by atoms with Crippen molar-refractivity contribution in [3.63, 3.8) is 0 Å². The number of nitrogens with one attached hydrogen (secondary N) is 2. The van der Waals surface area contributed by atoms with E-state index in [0.29, 0.717) is 44.5 Å². The largest absolute Gasteiger partial charge is 0.424 e. The van der Waals surface area contributed by atoms with Crippen molar-refractivity contribution in [3.8, 4) is 0 Å². The number of amides is 4. The zero-order chi connectivity index (χ0) is 29.8. The summed E-state index contributed by atoms with van der Waals surface area (Å²) in [7, 11) is 0. The highest BCUT2D eigenvalue weighted by Crippen LogP contribution is 2.55. The number of allylic oxidation sites excluding steroid dienone is 2. The molecule has 220 valence electrons. The Morgan fingerprint density at radius 2 is 1.93 bits per heavy atom. The van der Waals surface area contributed by atoms with Crippen LogP contribution in [0.15, 0.2) is 58.6 Å². The van der Waals surface area contributed by atoms with Crippen LogP contribution in [0.1, 0.15) is 46.1 Å². The van der Waals surface area contributed by atoms with Crippen molar-refractivity contribution in [2.75, 3.05) is 19.6 Å². The van der Waals surface area contributed by atoms with Crippen LogP contribution in [0.3, 0.4) is 0 Å². The van der Waals surface area contributed by atoms with E-state index < -0.39 is 35.5 Å². The first-order valence-corrected chi connectivity index (χ1v) is 14.6. The van der Waals surface area contributed by atoms with Gasteiger partial charge in [0.05, 0.1) is 11.8 Å². The third-order valence-corrected chi connectivity index (χ3v) is 9.16. The maximum atomic E-state index is 13.7. The van der Waals surface area contributed by atoms with E-state index in [9.17, 15) is 19.2 Å². The number of H-pyrrole nitrogens is 1. The molecule has 4 atom stereocenters. The lowest BCUT2D eigenvalue weighted by molar-refractivity contribution is -0.126. The summed E-state index contributed by atoms with van der Waals surface area (Å²) in [5.74, 6) is -2.37. The molecular weight excluding hydrogens is 538 g/mol. The van der Waals surface area contributed by atoms with Gasteiger partial charge in [0.15, 0.2) is 0 Å². The molecule has 0 bridgehead atoms. The number of nitrogens with zero attached hydrogens (tertiary/aromatic N) is 3. The number of aliphatic imine (C=N–C) groups is 1. The molecule has 42 heavy (non-hydrogen) atoms. The lowest BCUT2D eigenvalue weighted by Crippen LogP contribution is -2.60. The minimum absolute atomic E-state index is 0.0920. The highest BCUT2D eigenvalue weighted by atomic mass is 16.6. The van der Waals surface area contributed by atoms with Gasteiger partial charge < -0.3 is 19.4 Å². The molecule has 1 aliphatic carbocycles. The molecule has 1 aromatic carbocycles. The van der Waals surface area contributed by atoms with Gasteiger partial charge in [0, 0.05) is 48.2 Å². The summed E-state index contributed by atoms with van der Waals surface area (Å²) in [6.07, 6.45) is 3.96. The van der Waals surface area contributed by atoms with Crippen molar-refractivity contribution in [3.05, 3.63) is 59.1 Å². The number of benzene rings is 1. The molecule has 0 spiro atoms. The number of imide groups is 1. The lowest BCUT2D eigenvalue weighted by atomic mass is 9.61. The summed E-state index contributed by atoms with van der Waals surface area (Å²) in [5.41, 5.74) is 2.22. The molecule has 4 aliphatic rings. The van der Waals surface area contributed by atoms with Crippen LogP contribution in [0, 0.1) is 17.8 Å². The van der Waals surface area contributed by atoms with Crippen LogP contribution in [0.4, 0.5) is 9.59 Å². The number of ether oxygens (including phenoxy) is 2. The van der Waals surface area contributed by atoms with Gasteiger partial charge in [-0.15, -0.1) is 0 Å². The number of hydrogen-bond acceptors (Lipinski definition) is 7. The van der Waals surface area contributed by atoms with Crippen molar-refractivity contribution in [1.82, 2.24) is 20.1 Å². The van der Waals surface area contributed by atoms with Crippen LogP contribution >= 0.6 is 0 Å². The van der Waals surface area contributed by atoms with E-state index in [1.54, 1.807) is 6.92 Å². The van der Waals surface area contributed by atoms with Crippen LogP contribution in [-0.2, 0) is 25.5 Å². The number of aromatic nitrogens is 1. The van der Waals surface area contributed by atoms with Gasteiger partial charge in [0.1, 0.15) is 5.54 Å². The number of hydrogen-bond donors (Lipinski definition) is 2. The zero-order valence-electron chi connectivity index (χ0n) is 24.2. The number of carbonyl (C=O) groups excluding carboxylic acids is 4. The van der Waals surface area contributed by atoms with Crippen LogP contribution in [0.5, 0.6) is 0 Å². The molecule has 11 nitrogen and oxygen atoms in total. The van der Waals surface area contributed by atoms with E-state index in [1.807, 2.05) is 57.3 Å². The van der Waals surface area contributed by atoms with Gasteiger partial charge in [0.25, 0.3) is 0 Å². The number of rotatable bonds is 7. The fraction of sp³-hybridized carbons (Fsp3) is 0.452.